The topological polar surface area (TPSA) is 117 Å². The van der Waals surface area contributed by atoms with Crippen molar-refractivity contribution in [3.8, 4) is 40.0 Å². The minimum absolute atomic E-state index is 0.136. The number of nitrogens with one attached hydrogen (secondary N) is 1. The molecular weight excluding hydrogens is 534 g/mol. The lowest BCUT2D eigenvalue weighted by atomic mass is 9.98. The molecular formula is C30H37N9O3. The second-order valence-electron chi connectivity index (χ2n) is 11.4. The molecule has 2 unspecified atom stereocenters. The van der Waals surface area contributed by atoms with Crippen LogP contribution in [0.5, 0.6) is 17.5 Å². The highest BCUT2D eigenvalue weighted by Gasteiger charge is 2.39. The molecule has 2 saturated heterocycles. The van der Waals surface area contributed by atoms with E-state index < -0.39 is 0 Å². The molecule has 220 valence electrons. The average Bonchev–Trinajstić information content (AvgIpc) is 3.60. The van der Waals surface area contributed by atoms with Crippen LogP contribution in [0.3, 0.4) is 0 Å². The van der Waals surface area contributed by atoms with Gasteiger partial charge < -0.3 is 24.4 Å². The molecule has 0 radical (unpaired) electrons. The van der Waals surface area contributed by atoms with Crippen molar-refractivity contribution < 1.29 is 14.2 Å². The number of fused-ring (bicyclic) bond motifs is 8. The highest BCUT2D eigenvalue weighted by molar-refractivity contribution is 5.75. The average molecular weight is 572 g/mol. The van der Waals surface area contributed by atoms with E-state index in [4.69, 9.17) is 29.3 Å². The fourth-order valence-electron chi connectivity index (χ4n) is 6.43. The van der Waals surface area contributed by atoms with Crippen LogP contribution in [0.15, 0.2) is 36.9 Å². The van der Waals surface area contributed by atoms with Crippen molar-refractivity contribution in [3.05, 3.63) is 36.9 Å². The van der Waals surface area contributed by atoms with Gasteiger partial charge in [0.05, 0.1) is 37.1 Å². The van der Waals surface area contributed by atoms with Gasteiger partial charge in [0.2, 0.25) is 11.8 Å². The summed E-state index contributed by atoms with van der Waals surface area (Å²) in [6.45, 7) is 4.99. The molecule has 0 spiro atoms. The van der Waals surface area contributed by atoms with Gasteiger partial charge in [0, 0.05) is 55.8 Å². The molecule has 3 aliphatic heterocycles. The molecule has 2 fully saturated rings. The van der Waals surface area contributed by atoms with Crippen LogP contribution in [0.2, 0.25) is 0 Å². The Kier molecular flexibility index (Phi) is 6.93. The number of rotatable bonds is 4. The van der Waals surface area contributed by atoms with Crippen LogP contribution in [0.4, 0.5) is 11.6 Å². The maximum Gasteiger partial charge on any atom is 0.240 e. The summed E-state index contributed by atoms with van der Waals surface area (Å²) in [5.74, 6) is 3.65. The van der Waals surface area contributed by atoms with E-state index in [1.54, 1.807) is 23.1 Å². The standard InChI is InChI=1S/C30H37N9O3/c1-5-40-29-24(17-39(36-29)21-12-19-6-7-20(13-21)37(19)3)22-15-32-27-14-25(22)42-18(2)9-11-41-30-23(16-33-38(30)4)28-31-10-8-26(34-27)35-28/h8,10,14-21H,5-7,9,11-13H2,1-4H3,(H,31,32,34,35)/t18-,19?,20?,21?/m0/s1. The quantitative estimate of drug-likeness (QED) is 0.372. The highest BCUT2D eigenvalue weighted by atomic mass is 16.5. The molecule has 0 aromatic carbocycles. The summed E-state index contributed by atoms with van der Waals surface area (Å²) < 4.78 is 22.6. The summed E-state index contributed by atoms with van der Waals surface area (Å²) >= 11 is 0. The van der Waals surface area contributed by atoms with Gasteiger partial charge in [0.1, 0.15) is 22.9 Å². The lowest BCUT2D eigenvalue weighted by molar-refractivity contribution is 0.130. The van der Waals surface area contributed by atoms with Gasteiger partial charge >= 0.3 is 0 Å². The first-order valence-electron chi connectivity index (χ1n) is 14.8. The molecule has 0 saturated carbocycles. The Morgan fingerprint density at radius 1 is 1.00 bits per heavy atom. The van der Waals surface area contributed by atoms with Gasteiger partial charge in [0.25, 0.3) is 0 Å². The smallest absolute Gasteiger partial charge is 0.240 e. The van der Waals surface area contributed by atoms with Gasteiger partial charge in [-0.05, 0) is 52.6 Å². The van der Waals surface area contributed by atoms with Crippen LogP contribution in [-0.4, -0.2) is 77.9 Å². The zero-order chi connectivity index (χ0) is 28.8. The summed E-state index contributed by atoms with van der Waals surface area (Å²) in [6.07, 6.45) is 12.6. The van der Waals surface area contributed by atoms with Gasteiger partial charge in [-0.3, -0.25) is 4.68 Å². The number of hydrogen-bond donors (Lipinski definition) is 1. The Balaban J connectivity index is 1.25. The summed E-state index contributed by atoms with van der Waals surface area (Å²) in [4.78, 5) is 16.5. The number of ether oxygens (including phenoxy) is 3. The first-order valence-corrected chi connectivity index (χ1v) is 14.8. The zero-order valence-electron chi connectivity index (χ0n) is 24.5. The summed E-state index contributed by atoms with van der Waals surface area (Å²) in [5.41, 5.74) is 2.45. The van der Waals surface area contributed by atoms with Gasteiger partial charge in [-0.2, -0.15) is 5.10 Å². The fraction of sp³-hybridized carbons (Fsp3) is 0.500. The molecule has 0 amide bonds. The lowest BCUT2D eigenvalue weighted by Gasteiger charge is -2.36. The summed E-state index contributed by atoms with van der Waals surface area (Å²) in [6, 6.07) is 5.29. The normalized spacial score (nSPS) is 23.7. The predicted molar refractivity (Wildman–Crippen MR) is 157 cm³/mol. The molecule has 3 atom stereocenters. The number of aromatic nitrogens is 7. The van der Waals surface area contributed by atoms with Gasteiger partial charge in [-0.25, -0.2) is 19.6 Å². The van der Waals surface area contributed by atoms with E-state index in [1.807, 2.05) is 33.2 Å². The SMILES string of the molecule is CCOc1nn(C2CC3CCC(C2)N3C)cc1-c1cnc2cc1O[C@@H](C)CCOc1c(cnn1C)-c1nccc(n1)N2. The molecule has 1 N–H and O–H groups in total. The number of pyridine rings is 1. The van der Waals surface area contributed by atoms with Crippen molar-refractivity contribution in [1.29, 1.82) is 0 Å². The van der Waals surface area contributed by atoms with E-state index in [0.717, 1.165) is 29.5 Å². The van der Waals surface area contributed by atoms with Crippen LogP contribution in [0.25, 0.3) is 22.5 Å². The van der Waals surface area contributed by atoms with E-state index in [1.165, 1.54) is 12.8 Å². The molecule has 12 heteroatoms. The zero-order valence-corrected chi connectivity index (χ0v) is 24.5. The van der Waals surface area contributed by atoms with E-state index in [2.05, 4.69) is 38.2 Å². The van der Waals surface area contributed by atoms with E-state index in [0.29, 0.717) is 72.7 Å². The monoisotopic (exact) mass is 571 g/mol. The molecule has 42 heavy (non-hydrogen) atoms. The molecule has 3 aliphatic rings. The third kappa shape index (κ3) is 4.93. The van der Waals surface area contributed by atoms with Crippen LogP contribution in [-0.2, 0) is 7.05 Å². The minimum Gasteiger partial charge on any atom is -0.490 e. The number of aryl methyl sites for hydroxylation is 1. The predicted octanol–water partition coefficient (Wildman–Crippen LogP) is 4.63. The van der Waals surface area contributed by atoms with Crippen LogP contribution >= 0.6 is 0 Å². The van der Waals surface area contributed by atoms with E-state index in [9.17, 15) is 0 Å². The summed E-state index contributed by atoms with van der Waals surface area (Å²) in [5, 5.41) is 12.6. The van der Waals surface area contributed by atoms with Crippen molar-refractivity contribution in [2.24, 2.45) is 7.05 Å². The fourth-order valence-corrected chi connectivity index (χ4v) is 6.43. The highest BCUT2D eigenvalue weighted by Crippen LogP contribution is 2.43. The first kappa shape index (κ1) is 26.7. The lowest BCUT2D eigenvalue weighted by Crippen LogP contribution is -2.40. The molecule has 4 aromatic heterocycles. The Morgan fingerprint density at radius 2 is 1.83 bits per heavy atom. The molecule has 7 heterocycles. The summed E-state index contributed by atoms with van der Waals surface area (Å²) in [7, 11) is 4.11. The Hall–Kier alpha value is -4.19. The third-order valence-electron chi connectivity index (χ3n) is 8.71. The van der Waals surface area contributed by atoms with Crippen LogP contribution in [0.1, 0.15) is 52.0 Å². The van der Waals surface area contributed by atoms with E-state index in [-0.39, 0.29) is 6.10 Å². The first-order chi connectivity index (χ1) is 20.5. The third-order valence-corrected chi connectivity index (χ3v) is 8.71. The Morgan fingerprint density at radius 3 is 2.64 bits per heavy atom. The molecule has 4 aromatic rings. The van der Waals surface area contributed by atoms with Crippen molar-refractivity contribution in [2.75, 3.05) is 25.6 Å². The number of anilines is 2. The second kappa shape index (κ2) is 10.9. The van der Waals surface area contributed by atoms with Gasteiger partial charge in [0.15, 0.2) is 5.82 Å². The molecule has 7 rings (SSSR count). The Labute approximate surface area is 245 Å². The molecule has 6 bridgehead atoms. The number of piperidine rings is 1. The Bertz CT molecular complexity index is 1570. The minimum atomic E-state index is -0.136. The number of hydrogen-bond acceptors (Lipinski definition) is 10. The number of nitrogens with zero attached hydrogens (tertiary/aromatic N) is 8. The van der Waals surface area contributed by atoms with Gasteiger partial charge in [-0.1, -0.05) is 0 Å². The maximum absolute atomic E-state index is 6.57. The van der Waals surface area contributed by atoms with Crippen molar-refractivity contribution in [1.82, 2.24) is 39.4 Å². The van der Waals surface area contributed by atoms with Crippen molar-refractivity contribution >= 4 is 11.6 Å². The largest absolute Gasteiger partial charge is 0.490 e. The molecule has 12 nitrogen and oxygen atoms in total. The molecule has 0 aliphatic carbocycles. The van der Waals surface area contributed by atoms with Crippen molar-refractivity contribution in [3.63, 3.8) is 0 Å². The van der Waals surface area contributed by atoms with Crippen LogP contribution < -0.4 is 19.5 Å². The second-order valence-corrected chi connectivity index (χ2v) is 11.4. The van der Waals surface area contributed by atoms with Crippen LogP contribution in [0, 0.1) is 0 Å². The van der Waals surface area contributed by atoms with Crippen molar-refractivity contribution in [2.45, 2.75) is 70.2 Å². The maximum atomic E-state index is 6.57. The van der Waals surface area contributed by atoms with Gasteiger partial charge in [-0.15, -0.1) is 5.10 Å². The van der Waals surface area contributed by atoms with E-state index >= 15 is 0 Å².